The highest BCUT2D eigenvalue weighted by Crippen LogP contribution is 2.49. The van der Waals surface area contributed by atoms with Gasteiger partial charge in [-0.15, -0.1) is 0 Å². The van der Waals surface area contributed by atoms with Gasteiger partial charge in [-0.3, -0.25) is 5.09 Å². The molecule has 27 heavy (non-hydrogen) atoms. The van der Waals surface area contributed by atoms with E-state index in [4.69, 9.17) is 20.6 Å². The van der Waals surface area contributed by atoms with Crippen molar-refractivity contribution in [1.82, 2.24) is 0 Å². The first-order valence-electron chi connectivity index (χ1n) is 8.50. The smallest absolute Gasteiger partial charge is 0.400 e. The van der Waals surface area contributed by atoms with E-state index in [1.165, 1.54) is 0 Å². The van der Waals surface area contributed by atoms with E-state index in [2.05, 4.69) is 5.09 Å². The second kappa shape index (κ2) is 8.08. The maximum Gasteiger partial charge on any atom is 0.541 e. The molecule has 0 bridgehead atoms. The van der Waals surface area contributed by atoms with Crippen LogP contribution in [0.2, 0.25) is 5.02 Å². The second-order valence-corrected chi connectivity index (χ2v) is 8.40. The highest BCUT2D eigenvalue weighted by Gasteiger charge is 2.29. The van der Waals surface area contributed by atoms with E-state index < -0.39 is 7.75 Å². The molecule has 0 amide bonds. The Bertz CT molecular complexity index is 920. The molecule has 0 aliphatic heterocycles. The quantitative estimate of drug-likeness (QED) is 0.454. The van der Waals surface area contributed by atoms with E-state index in [0.717, 1.165) is 16.7 Å². The topological polar surface area (TPSA) is 47.6 Å². The number of hydrogen-bond acceptors (Lipinski definition) is 3. The SMILES string of the molecule is Cc1ccc(OP(=O)(Nc2cc(Cl)ccc2C)Oc2ccc(C)cc2)cc1. The molecule has 0 atom stereocenters. The van der Waals surface area contributed by atoms with Crippen LogP contribution in [0.5, 0.6) is 11.5 Å². The Morgan fingerprint density at radius 3 is 1.74 bits per heavy atom. The van der Waals surface area contributed by atoms with Gasteiger partial charge in [-0.05, 0) is 62.7 Å². The molecule has 3 aromatic rings. The van der Waals surface area contributed by atoms with Crippen molar-refractivity contribution in [3.8, 4) is 11.5 Å². The lowest BCUT2D eigenvalue weighted by Crippen LogP contribution is -2.10. The molecule has 0 radical (unpaired) electrons. The number of halogens is 1. The predicted octanol–water partition coefficient (Wildman–Crippen LogP) is 6.94. The van der Waals surface area contributed by atoms with E-state index in [0.29, 0.717) is 22.2 Å². The van der Waals surface area contributed by atoms with Crippen LogP contribution in [-0.4, -0.2) is 0 Å². The average Bonchev–Trinajstić information content (AvgIpc) is 2.62. The molecule has 4 nitrogen and oxygen atoms in total. The van der Waals surface area contributed by atoms with Crippen molar-refractivity contribution in [2.75, 3.05) is 5.09 Å². The standard InChI is InChI=1S/C21H21ClNO3P/c1-15-4-10-19(11-5-15)25-27(24,26-20-12-6-16(2)7-13-20)23-21-14-18(22)9-8-17(21)3/h4-14H,1-3H3,(H,23,24). The molecule has 3 rings (SSSR count). The molecule has 140 valence electrons. The Balaban J connectivity index is 1.93. The van der Waals surface area contributed by atoms with Gasteiger partial charge in [0.1, 0.15) is 11.5 Å². The molecule has 6 heteroatoms. The number of anilines is 1. The van der Waals surface area contributed by atoms with Gasteiger partial charge in [-0.2, -0.15) is 0 Å². The monoisotopic (exact) mass is 401 g/mol. The summed E-state index contributed by atoms with van der Waals surface area (Å²) in [5.74, 6) is 0.895. The largest absolute Gasteiger partial charge is 0.541 e. The summed E-state index contributed by atoms with van der Waals surface area (Å²) in [6.07, 6.45) is 0. The van der Waals surface area contributed by atoms with E-state index in [1.54, 1.807) is 36.4 Å². The molecule has 0 heterocycles. The van der Waals surface area contributed by atoms with Gasteiger partial charge in [0.2, 0.25) is 0 Å². The fourth-order valence-corrected chi connectivity index (χ4v) is 4.04. The van der Waals surface area contributed by atoms with Crippen molar-refractivity contribution in [2.24, 2.45) is 0 Å². The van der Waals surface area contributed by atoms with Gasteiger partial charge in [-0.1, -0.05) is 53.1 Å². The molecule has 0 aromatic heterocycles. The molecule has 1 N–H and O–H groups in total. The predicted molar refractivity (Wildman–Crippen MR) is 111 cm³/mol. The Morgan fingerprint density at radius 2 is 1.26 bits per heavy atom. The summed E-state index contributed by atoms with van der Waals surface area (Å²) < 4.78 is 25.1. The van der Waals surface area contributed by atoms with Crippen LogP contribution in [0.15, 0.2) is 66.7 Å². The van der Waals surface area contributed by atoms with Crippen LogP contribution in [0.3, 0.4) is 0 Å². The second-order valence-electron chi connectivity index (χ2n) is 6.38. The molecule has 0 spiro atoms. The van der Waals surface area contributed by atoms with Crippen molar-refractivity contribution in [3.63, 3.8) is 0 Å². The van der Waals surface area contributed by atoms with Crippen molar-refractivity contribution < 1.29 is 13.6 Å². The van der Waals surface area contributed by atoms with Gasteiger partial charge >= 0.3 is 7.75 Å². The normalized spacial score (nSPS) is 11.1. The van der Waals surface area contributed by atoms with Crippen molar-refractivity contribution >= 4 is 25.0 Å². The summed E-state index contributed by atoms with van der Waals surface area (Å²) in [7, 11) is -3.77. The van der Waals surface area contributed by atoms with Gasteiger partial charge in [0, 0.05) is 10.7 Å². The van der Waals surface area contributed by atoms with Crippen LogP contribution in [0.4, 0.5) is 5.69 Å². The van der Waals surface area contributed by atoms with Crippen LogP contribution in [0, 0.1) is 20.8 Å². The first kappa shape index (κ1) is 19.3. The summed E-state index contributed by atoms with van der Waals surface area (Å²) in [6, 6.07) is 19.9. The van der Waals surface area contributed by atoms with Gasteiger partial charge in [0.25, 0.3) is 0 Å². The van der Waals surface area contributed by atoms with Crippen molar-refractivity contribution in [2.45, 2.75) is 20.8 Å². The molecule has 3 aromatic carbocycles. The number of hydrogen-bond donors (Lipinski definition) is 1. The molecule has 0 unspecified atom stereocenters. The van der Waals surface area contributed by atoms with Crippen LogP contribution in [0.25, 0.3) is 0 Å². The van der Waals surface area contributed by atoms with E-state index in [9.17, 15) is 4.57 Å². The summed E-state index contributed by atoms with van der Waals surface area (Å²) in [4.78, 5) is 0. The van der Waals surface area contributed by atoms with Crippen LogP contribution >= 0.6 is 19.3 Å². The highest BCUT2D eigenvalue weighted by molar-refractivity contribution is 7.56. The third-order valence-corrected chi connectivity index (χ3v) is 5.60. The zero-order valence-electron chi connectivity index (χ0n) is 15.4. The number of aryl methyl sites for hydroxylation is 3. The Kier molecular flexibility index (Phi) is 5.79. The van der Waals surface area contributed by atoms with Crippen LogP contribution in [0.1, 0.15) is 16.7 Å². The van der Waals surface area contributed by atoms with Crippen molar-refractivity contribution in [1.29, 1.82) is 0 Å². The Morgan fingerprint density at radius 1 is 0.778 bits per heavy atom. The number of rotatable bonds is 6. The number of nitrogens with one attached hydrogen (secondary N) is 1. The molecule has 0 fully saturated rings. The minimum Gasteiger partial charge on any atom is -0.400 e. The first-order chi connectivity index (χ1) is 12.8. The lowest BCUT2D eigenvalue weighted by atomic mass is 10.2. The Labute approximate surface area is 164 Å². The van der Waals surface area contributed by atoms with Gasteiger partial charge < -0.3 is 9.05 Å². The maximum absolute atomic E-state index is 13.6. The highest BCUT2D eigenvalue weighted by atomic mass is 35.5. The summed E-state index contributed by atoms with van der Waals surface area (Å²) in [6.45, 7) is 5.83. The zero-order valence-corrected chi connectivity index (χ0v) is 17.1. The average molecular weight is 402 g/mol. The molecular formula is C21H21ClNO3P. The third-order valence-electron chi connectivity index (χ3n) is 3.95. The number of benzene rings is 3. The zero-order chi connectivity index (χ0) is 19.4. The lowest BCUT2D eigenvalue weighted by molar-refractivity contribution is 0.392. The van der Waals surface area contributed by atoms with Crippen molar-refractivity contribution in [3.05, 3.63) is 88.4 Å². The third kappa shape index (κ3) is 5.29. The molecular weight excluding hydrogens is 381 g/mol. The molecule has 0 aliphatic carbocycles. The summed E-state index contributed by atoms with van der Waals surface area (Å²) >= 11 is 6.09. The van der Waals surface area contributed by atoms with Crippen LogP contribution in [-0.2, 0) is 4.57 Å². The van der Waals surface area contributed by atoms with Gasteiger partial charge in [-0.25, -0.2) is 4.57 Å². The fourth-order valence-electron chi connectivity index (χ4n) is 2.40. The van der Waals surface area contributed by atoms with Gasteiger partial charge in [0.05, 0.1) is 0 Å². The van der Waals surface area contributed by atoms with E-state index in [1.807, 2.05) is 51.1 Å². The first-order valence-corrected chi connectivity index (χ1v) is 10.4. The minimum atomic E-state index is -3.77. The molecule has 0 saturated heterocycles. The van der Waals surface area contributed by atoms with E-state index in [-0.39, 0.29) is 0 Å². The van der Waals surface area contributed by atoms with E-state index >= 15 is 0 Å². The molecule has 0 saturated carbocycles. The lowest BCUT2D eigenvalue weighted by Gasteiger charge is -2.22. The summed E-state index contributed by atoms with van der Waals surface area (Å²) in [5.41, 5.74) is 3.62. The minimum absolute atomic E-state index is 0.447. The summed E-state index contributed by atoms with van der Waals surface area (Å²) in [5, 5.41) is 3.45. The fraction of sp³-hybridized carbons (Fsp3) is 0.143. The van der Waals surface area contributed by atoms with Crippen LogP contribution < -0.4 is 14.1 Å². The maximum atomic E-state index is 13.6. The molecule has 0 aliphatic rings. The van der Waals surface area contributed by atoms with Gasteiger partial charge in [0.15, 0.2) is 0 Å². The Hall–Kier alpha value is -2.42.